The Hall–Kier alpha value is -3.14. The number of ether oxygens (including phenoxy) is 2. The molecule has 0 bridgehead atoms. The monoisotopic (exact) mass is 409 g/mol. The van der Waals surface area contributed by atoms with Gasteiger partial charge in [-0.3, -0.25) is 9.78 Å². The molecule has 1 atom stereocenters. The van der Waals surface area contributed by atoms with E-state index < -0.39 is 30.7 Å². The number of pyridine rings is 1. The van der Waals surface area contributed by atoms with Crippen LogP contribution in [0, 0.1) is 0 Å². The Kier molecular flexibility index (Phi) is 5.47. The van der Waals surface area contributed by atoms with Crippen LogP contribution >= 0.6 is 0 Å². The number of hydrazone groups is 1. The van der Waals surface area contributed by atoms with Gasteiger partial charge in [-0.05, 0) is 23.8 Å². The van der Waals surface area contributed by atoms with Gasteiger partial charge in [0, 0.05) is 18.0 Å². The van der Waals surface area contributed by atoms with E-state index in [-0.39, 0.29) is 16.3 Å². The van der Waals surface area contributed by atoms with E-state index in [0.717, 1.165) is 0 Å². The molecule has 0 saturated heterocycles. The fourth-order valence-corrected chi connectivity index (χ4v) is 2.96. The Bertz CT molecular complexity index is 934. The Morgan fingerprint density at radius 1 is 1.24 bits per heavy atom. The van der Waals surface area contributed by atoms with Gasteiger partial charge in [0.25, 0.3) is 5.72 Å². The van der Waals surface area contributed by atoms with Gasteiger partial charge in [0.2, 0.25) is 5.91 Å². The van der Waals surface area contributed by atoms with Crippen molar-refractivity contribution in [2.45, 2.75) is 24.7 Å². The molecule has 1 aromatic carbocycles. The van der Waals surface area contributed by atoms with E-state index in [2.05, 4.69) is 10.1 Å². The van der Waals surface area contributed by atoms with Gasteiger partial charge in [0.15, 0.2) is 11.5 Å². The van der Waals surface area contributed by atoms with Crippen LogP contribution in [0.2, 0.25) is 0 Å². The summed E-state index contributed by atoms with van der Waals surface area (Å²) < 4.78 is 51.1. The van der Waals surface area contributed by atoms with Gasteiger partial charge < -0.3 is 14.6 Å². The number of aromatic nitrogens is 1. The van der Waals surface area contributed by atoms with Gasteiger partial charge >= 0.3 is 6.18 Å². The highest BCUT2D eigenvalue weighted by atomic mass is 19.4. The number of carbonyl (C=O) groups excluding carboxylic acids is 1. The molecule has 0 radical (unpaired) electrons. The van der Waals surface area contributed by atoms with E-state index in [1.807, 2.05) is 0 Å². The van der Waals surface area contributed by atoms with Crippen LogP contribution in [0.5, 0.6) is 11.5 Å². The first-order valence-electron chi connectivity index (χ1n) is 8.50. The van der Waals surface area contributed by atoms with E-state index in [1.165, 1.54) is 56.9 Å². The fourth-order valence-electron chi connectivity index (χ4n) is 2.96. The number of amides is 1. The summed E-state index contributed by atoms with van der Waals surface area (Å²) in [5.74, 6) is -0.283. The largest absolute Gasteiger partial charge is 0.493 e. The van der Waals surface area contributed by atoms with Crippen LogP contribution in [0.15, 0.2) is 47.8 Å². The average Bonchev–Trinajstić information content (AvgIpc) is 3.07. The Labute approximate surface area is 164 Å². The van der Waals surface area contributed by atoms with E-state index in [1.54, 1.807) is 0 Å². The zero-order valence-electron chi connectivity index (χ0n) is 15.6. The number of alkyl halides is 3. The highest BCUT2D eigenvalue weighted by molar-refractivity contribution is 6.03. The van der Waals surface area contributed by atoms with Crippen molar-refractivity contribution >= 4 is 11.6 Å². The maximum absolute atomic E-state index is 13.6. The van der Waals surface area contributed by atoms with Gasteiger partial charge in [0.05, 0.1) is 32.8 Å². The molecule has 1 N–H and O–H groups in total. The summed E-state index contributed by atoms with van der Waals surface area (Å²) in [6.07, 6.45) is -3.65. The highest BCUT2D eigenvalue weighted by Crippen LogP contribution is 2.41. The molecule has 0 fully saturated rings. The topological polar surface area (TPSA) is 84.2 Å². The van der Waals surface area contributed by atoms with E-state index in [9.17, 15) is 23.1 Å². The van der Waals surface area contributed by atoms with Crippen molar-refractivity contribution in [2.75, 3.05) is 14.2 Å². The molecule has 1 aliphatic rings. The average molecular weight is 409 g/mol. The van der Waals surface area contributed by atoms with Crippen molar-refractivity contribution in [3.8, 4) is 11.5 Å². The first kappa shape index (κ1) is 20.6. The zero-order chi connectivity index (χ0) is 21.2. The number of hydrogen-bond donors (Lipinski definition) is 1. The molecule has 0 spiro atoms. The standard InChI is InChI=1S/C19H18F3N3O4/c1-28-15-6-5-12(8-16(15)29-2)9-17(26)25-18(27,19(20,21)22)10-14(24-25)13-4-3-7-23-11-13/h3-8,11,27H,9-10H2,1-2H3. The Morgan fingerprint density at radius 3 is 2.55 bits per heavy atom. The minimum absolute atomic E-state index is 0.0846. The second-order valence-corrected chi connectivity index (χ2v) is 6.35. The van der Waals surface area contributed by atoms with Gasteiger partial charge in [0.1, 0.15) is 0 Å². The minimum Gasteiger partial charge on any atom is -0.493 e. The number of halogens is 3. The molecule has 1 amide bonds. The van der Waals surface area contributed by atoms with Crippen LogP contribution < -0.4 is 9.47 Å². The molecule has 0 saturated carbocycles. The fraction of sp³-hybridized carbons (Fsp3) is 0.316. The number of methoxy groups -OCH3 is 2. The molecule has 10 heteroatoms. The molecule has 154 valence electrons. The molecule has 1 aromatic heterocycles. The maximum atomic E-state index is 13.6. The third-order valence-electron chi connectivity index (χ3n) is 4.47. The van der Waals surface area contributed by atoms with Crippen LogP contribution in [0.1, 0.15) is 17.5 Å². The minimum atomic E-state index is -5.10. The second kappa shape index (κ2) is 7.70. The van der Waals surface area contributed by atoms with Crippen LogP contribution in [0.4, 0.5) is 13.2 Å². The summed E-state index contributed by atoms with van der Waals surface area (Å²) in [6.45, 7) is 0. The molecule has 2 heterocycles. The lowest BCUT2D eigenvalue weighted by Gasteiger charge is -2.32. The molecule has 0 aliphatic carbocycles. The van der Waals surface area contributed by atoms with Crippen molar-refractivity contribution in [2.24, 2.45) is 5.10 Å². The normalized spacial score (nSPS) is 19.1. The van der Waals surface area contributed by atoms with Crippen molar-refractivity contribution < 1.29 is 32.5 Å². The number of hydrogen-bond acceptors (Lipinski definition) is 6. The van der Waals surface area contributed by atoms with E-state index in [0.29, 0.717) is 17.1 Å². The molecular formula is C19H18F3N3O4. The molecule has 3 rings (SSSR count). The number of nitrogens with zero attached hydrogens (tertiary/aromatic N) is 3. The summed E-state index contributed by atoms with van der Waals surface area (Å²) in [6, 6.07) is 7.56. The van der Waals surface area contributed by atoms with Crippen molar-refractivity contribution in [1.29, 1.82) is 0 Å². The van der Waals surface area contributed by atoms with E-state index in [4.69, 9.17) is 9.47 Å². The van der Waals surface area contributed by atoms with Crippen molar-refractivity contribution in [3.63, 3.8) is 0 Å². The molecular weight excluding hydrogens is 391 g/mol. The van der Waals surface area contributed by atoms with Gasteiger partial charge in [-0.15, -0.1) is 0 Å². The highest BCUT2D eigenvalue weighted by Gasteiger charge is 2.63. The Balaban J connectivity index is 1.92. The lowest BCUT2D eigenvalue weighted by molar-refractivity contribution is -0.302. The number of aliphatic hydroxyl groups is 1. The molecule has 29 heavy (non-hydrogen) atoms. The van der Waals surface area contributed by atoms with Crippen LogP contribution in [-0.4, -0.2) is 52.8 Å². The third kappa shape index (κ3) is 3.88. The summed E-state index contributed by atoms with van der Waals surface area (Å²) >= 11 is 0. The molecule has 2 aromatic rings. The number of carbonyl (C=O) groups is 1. The summed E-state index contributed by atoms with van der Waals surface area (Å²) in [5, 5.41) is 14.2. The van der Waals surface area contributed by atoms with E-state index >= 15 is 0 Å². The van der Waals surface area contributed by atoms with Gasteiger partial charge in [-0.2, -0.15) is 23.3 Å². The van der Waals surface area contributed by atoms with Gasteiger partial charge in [-0.25, -0.2) is 0 Å². The lowest BCUT2D eigenvalue weighted by atomic mass is 10.0. The molecule has 7 nitrogen and oxygen atoms in total. The van der Waals surface area contributed by atoms with Crippen molar-refractivity contribution in [1.82, 2.24) is 9.99 Å². The Morgan fingerprint density at radius 2 is 1.97 bits per heavy atom. The number of benzene rings is 1. The van der Waals surface area contributed by atoms with Crippen molar-refractivity contribution in [3.05, 3.63) is 53.9 Å². The first-order chi connectivity index (χ1) is 13.7. The zero-order valence-corrected chi connectivity index (χ0v) is 15.6. The summed E-state index contributed by atoms with van der Waals surface area (Å²) in [4.78, 5) is 16.5. The summed E-state index contributed by atoms with van der Waals surface area (Å²) in [7, 11) is 2.84. The predicted molar refractivity (Wildman–Crippen MR) is 96.5 cm³/mol. The van der Waals surface area contributed by atoms with Crippen LogP contribution in [0.3, 0.4) is 0 Å². The molecule has 1 unspecified atom stereocenters. The smallest absolute Gasteiger partial charge is 0.438 e. The number of rotatable bonds is 5. The quantitative estimate of drug-likeness (QED) is 0.821. The lowest BCUT2D eigenvalue weighted by Crippen LogP contribution is -2.57. The SMILES string of the molecule is COc1ccc(CC(=O)N2N=C(c3cccnc3)CC2(O)C(F)(F)F)cc1OC. The first-order valence-corrected chi connectivity index (χ1v) is 8.50. The predicted octanol–water partition coefficient (Wildman–Crippen LogP) is 2.53. The van der Waals surface area contributed by atoms with Gasteiger partial charge in [-0.1, -0.05) is 12.1 Å². The third-order valence-corrected chi connectivity index (χ3v) is 4.47. The molecule has 1 aliphatic heterocycles. The van der Waals surface area contributed by atoms with Crippen LogP contribution in [-0.2, 0) is 11.2 Å². The second-order valence-electron chi connectivity index (χ2n) is 6.35. The maximum Gasteiger partial charge on any atom is 0.438 e. The summed E-state index contributed by atoms with van der Waals surface area (Å²) in [5.41, 5.74) is -2.86. The van der Waals surface area contributed by atoms with Crippen LogP contribution in [0.25, 0.3) is 0 Å².